The highest BCUT2D eigenvalue weighted by molar-refractivity contribution is 7.50. The van der Waals surface area contributed by atoms with Crippen molar-refractivity contribution in [2.45, 2.75) is 104 Å². The molecule has 24 heavy (non-hydrogen) atoms. The van der Waals surface area contributed by atoms with Gasteiger partial charge in [0.15, 0.2) is 0 Å². The van der Waals surface area contributed by atoms with Crippen LogP contribution in [0.2, 0.25) is 0 Å². The minimum absolute atomic E-state index is 0.393. The van der Waals surface area contributed by atoms with Gasteiger partial charge in [0.25, 0.3) is 0 Å². The summed E-state index contributed by atoms with van der Waals surface area (Å²) in [6.07, 6.45) is 14.6. The summed E-state index contributed by atoms with van der Waals surface area (Å²) in [5.41, 5.74) is 0. The Hall–Kier alpha value is 0.110. The van der Waals surface area contributed by atoms with E-state index in [0.717, 1.165) is 44.9 Å². The van der Waals surface area contributed by atoms with Crippen LogP contribution in [-0.4, -0.2) is 29.3 Å². The van der Waals surface area contributed by atoms with Crippen LogP contribution in [0.3, 0.4) is 0 Å². The zero-order valence-corrected chi connectivity index (χ0v) is 17.4. The molecule has 0 spiro atoms. The molecule has 1 N–H and O–H groups in total. The molecule has 1 unspecified atom stereocenters. The van der Waals surface area contributed by atoms with Gasteiger partial charge in [0.2, 0.25) is 0 Å². The quantitative estimate of drug-likeness (QED) is 0.222. The molecule has 1 atom stereocenters. The van der Waals surface area contributed by atoms with Crippen LogP contribution in [0.4, 0.5) is 0 Å². The smallest absolute Gasteiger partial charge is 0.312 e. The second kappa shape index (κ2) is 16.6. The van der Waals surface area contributed by atoms with Gasteiger partial charge in [-0.05, 0) is 19.3 Å². The fourth-order valence-electron chi connectivity index (χ4n) is 2.78. The van der Waals surface area contributed by atoms with E-state index in [4.69, 9.17) is 4.52 Å². The molecule has 5 heteroatoms. The highest BCUT2D eigenvalue weighted by atomic mass is 31.2. The Balaban J connectivity index is 4.27. The van der Waals surface area contributed by atoms with Gasteiger partial charge in [0.1, 0.15) is 0 Å². The molecule has 0 fully saturated rings. The third-order valence-electron chi connectivity index (χ3n) is 4.40. The summed E-state index contributed by atoms with van der Waals surface area (Å²) in [5, 5.41) is 0. The molecular formula is C19H42NO3P. The van der Waals surface area contributed by atoms with Gasteiger partial charge in [0, 0.05) is 13.1 Å². The Morgan fingerprint density at radius 1 is 0.708 bits per heavy atom. The summed E-state index contributed by atoms with van der Waals surface area (Å²) in [6, 6.07) is 0. The lowest BCUT2D eigenvalue weighted by Crippen LogP contribution is -2.24. The van der Waals surface area contributed by atoms with Crippen molar-refractivity contribution in [1.29, 1.82) is 0 Å². The molecule has 146 valence electrons. The third kappa shape index (κ3) is 13.4. The first kappa shape index (κ1) is 24.1. The highest BCUT2D eigenvalue weighted by Gasteiger charge is 2.28. The number of hydrogen-bond donors (Lipinski definition) is 1. The topological polar surface area (TPSA) is 49.8 Å². The molecule has 0 rings (SSSR count). The van der Waals surface area contributed by atoms with Crippen molar-refractivity contribution in [2.24, 2.45) is 0 Å². The van der Waals surface area contributed by atoms with Crippen LogP contribution < -0.4 is 0 Å². The van der Waals surface area contributed by atoms with Crippen LogP contribution in [0.15, 0.2) is 0 Å². The highest BCUT2D eigenvalue weighted by Crippen LogP contribution is 2.46. The van der Waals surface area contributed by atoms with Crippen LogP contribution in [0.1, 0.15) is 104 Å². The zero-order chi connectivity index (χ0) is 18.1. The van der Waals surface area contributed by atoms with E-state index in [1.807, 2.05) is 0 Å². The molecule has 0 bridgehead atoms. The fraction of sp³-hybridized carbons (Fsp3) is 1.00. The standard InChI is InChI=1S/C19H42NO3P/c1-4-7-10-12-14-17-20(18-15-13-11-8-5-2)24(21,22)23-19-16-9-6-3/h4-19H2,1-3H3,(H,21,22). The summed E-state index contributed by atoms with van der Waals surface area (Å²) < 4.78 is 19.7. The first-order valence-electron chi connectivity index (χ1n) is 10.3. The van der Waals surface area contributed by atoms with Crippen molar-refractivity contribution in [2.75, 3.05) is 19.7 Å². The van der Waals surface area contributed by atoms with Gasteiger partial charge in [-0.25, -0.2) is 9.24 Å². The number of unbranched alkanes of at least 4 members (excludes halogenated alkanes) is 10. The van der Waals surface area contributed by atoms with Gasteiger partial charge in [-0.1, -0.05) is 85.0 Å². The fourth-order valence-corrected chi connectivity index (χ4v) is 4.10. The maximum atomic E-state index is 12.6. The molecule has 0 radical (unpaired) electrons. The SMILES string of the molecule is CCCCCCCN(CCCCCCC)P(=O)(O)OCCCCC. The lowest BCUT2D eigenvalue weighted by Gasteiger charge is -2.26. The number of hydrogen-bond acceptors (Lipinski definition) is 2. The van der Waals surface area contributed by atoms with E-state index < -0.39 is 7.75 Å². The lowest BCUT2D eigenvalue weighted by molar-refractivity contribution is 0.194. The average Bonchev–Trinajstić information content (AvgIpc) is 2.56. The van der Waals surface area contributed by atoms with Crippen molar-refractivity contribution in [1.82, 2.24) is 4.67 Å². The molecule has 4 nitrogen and oxygen atoms in total. The van der Waals surface area contributed by atoms with Gasteiger partial charge >= 0.3 is 7.75 Å². The lowest BCUT2D eigenvalue weighted by atomic mass is 10.1. The molecule has 0 amide bonds. The average molecular weight is 364 g/mol. The van der Waals surface area contributed by atoms with Crippen molar-refractivity contribution < 1.29 is 14.0 Å². The van der Waals surface area contributed by atoms with E-state index in [2.05, 4.69) is 20.8 Å². The molecule has 0 aromatic rings. The zero-order valence-electron chi connectivity index (χ0n) is 16.5. The minimum Gasteiger partial charge on any atom is -0.312 e. The Morgan fingerprint density at radius 3 is 1.58 bits per heavy atom. The summed E-state index contributed by atoms with van der Waals surface area (Å²) in [6.45, 7) is 8.28. The Labute approximate surface area is 150 Å². The maximum Gasteiger partial charge on any atom is 0.405 e. The van der Waals surface area contributed by atoms with Crippen molar-refractivity contribution >= 4 is 7.75 Å². The van der Waals surface area contributed by atoms with Gasteiger partial charge in [0.05, 0.1) is 6.61 Å². The predicted octanol–water partition coefficient (Wildman–Crippen LogP) is 6.54. The second-order valence-electron chi connectivity index (χ2n) is 6.81. The molecule has 0 aliphatic heterocycles. The Bertz CT molecular complexity index is 299. The van der Waals surface area contributed by atoms with Gasteiger partial charge in [-0.2, -0.15) is 0 Å². The van der Waals surface area contributed by atoms with Crippen LogP contribution in [-0.2, 0) is 9.09 Å². The van der Waals surface area contributed by atoms with Gasteiger partial charge in [-0.15, -0.1) is 0 Å². The maximum absolute atomic E-state index is 12.6. The molecule has 0 saturated carbocycles. The minimum atomic E-state index is -3.62. The van der Waals surface area contributed by atoms with Gasteiger partial charge < -0.3 is 4.89 Å². The van der Waals surface area contributed by atoms with E-state index >= 15 is 0 Å². The number of nitrogens with zero attached hydrogens (tertiary/aromatic N) is 1. The van der Waals surface area contributed by atoms with Crippen molar-refractivity contribution in [3.8, 4) is 0 Å². The normalized spacial score (nSPS) is 14.2. The predicted molar refractivity (Wildman–Crippen MR) is 104 cm³/mol. The Morgan fingerprint density at radius 2 is 1.12 bits per heavy atom. The van der Waals surface area contributed by atoms with Crippen molar-refractivity contribution in [3.63, 3.8) is 0 Å². The summed E-state index contributed by atoms with van der Waals surface area (Å²) in [4.78, 5) is 10.3. The van der Waals surface area contributed by atoms with Crippen LogP contribution >= 0.6 is 7.75 Å². The Kier molecular flexibility index (Phi) is 16.6. The third-order valence-corrected chi connectivity index (χ3v) is 6.04. The molecule has 0 aromatic carbocycles. The molecule has 0 aliphatic rings. The van der Waals surface area contributed by atoms with Crippen LogP contribution in [0.5, 0.6) is 0 Å². The number of rotatable bonds is 18. The van der Waals surface area contributed by atoms with Gasteiger partial charge in [-0.3, -0.25) is 4.52 Å². The molecular weight excluding hydrogens is 321 g/mol. The largest absolute Gasteiger partial charge is 0.405 e. The van der Waals surface area contributed by atoms with E-state index in [1.54, 1.807) is 4.67 Å². The van der Waals surface area contributed by atoms with Crippen LogP contribution in [0.25, 0.3) is 0 Å². The molecule has 0 aliphatic carbocycles. The van der Waals surface area contributed by atoms with Crippen LogP contribution in [0, 0.1) is 0 Å². The molecule has 0 saturated heterocycles. The van der Waals surface area contributed by atoms with E-state index in [9.17, 15) is 9.46 Å². The van der Waals surface area contributed by atoms with E-state index in [0.29, 0.717) is 19.7 Å². The van der Waals surface area contributed by atoms with E-state index in [-0.39, 0.29) is 0 Å². The second-order valence-corrected chi connectivity index (χ2v) is 8.62. The van der Waals surface area contributed by atoms with E-state index in [1.165, 1.54) is 38.5 Å². The molecule has 0 aromatic heterocycles. The summed E-state index contributed by atoms with van der Waals surface area (Å²) >= 11 is 0. The first-order chi connectivity index (χ1) is 11.6. The summed E-state index contributed by atoms with van der Waals surface area (Å²) in [7, 11) is -3.62. The van der Waals surface area contributed by atoms with Crippen molar-refractivity contribution in [3.05, 3.63) is 0 Å². The first-order valence-corrected chi connectivity index (χ1v) is 11.8. The summed E-state index contributed by atoms with van der Waals surface area (Å²) in [5.74, 6) is 0. The molecule has 0 heterocycles. The monoisotopic (exact) mass is 363 g/mol.